The molecule has 0 bridgehead atoms. The van der Waals surface area contributed by atoms with Crippen molar-refractivity contribution in [2.75, 3.05) is 13.2 Å². The Bertz CT molecular complexity index is 594. The first-order valence-electron chi connectivity index (χ1n) is 7.36. The molecule has 114 valence electrons. The van der Waals surface area contributed by atoms with E-state index in [2.05, 4.69) is 18.8 Å². The second-order valence-corrected chi connectivity index (χ2v) is 6.02. The molecule has 0 aliphatic heterocycles. The Hall–Kier alpha value is -1.23. The van der Waals surface area contributed by atoms with Gasteiger partial charge in [0, 0.05) is 33.7 Å². The van der Waals surface area contributed by atoms with Gasteiger partial charge in [-0.2, -0.15) is 0 Å². The van der Waals surface area contributed by atoms with E-state index >= 15 is 0 Å². The van der Waals surface area contributed by atoms with E-state index in [-0.39, 0.29) is 5.82 Å². The monoisotopic (exact) mass is 307 g/mol. The molecule has 0 amide bonds. The van der Waals surface area contributed by atoms with Gasteiger partial charge in [0.1, 0.15) is 5.82 Å². The SMILES string of the molecule is C=CCCCOCc1c(CNCC)sc2cccc(F)c12. The van der Waals surface area contributed by atoms with Gasteiger partial charge in [-0.1, -0.05) is 19.1 Å². The van der Waals surface area contributed by atoms with Crippen LogP contribution in [-0.2, 0) is 17.9 Å². The molecule has 0 unspecified atom stereocenters. The Labute approximate surface area is 129 Å². The molecule has 0 atom stereocenters. The topological polar surface area (TPSA) is 21.3 Å². The molecule has 2 nitrogen and oxygen atoms in total. The lowest BCUT2D eigenvalue weighted by molar-refractivity contribution is 0.119. The van der Waals surface area contributed by atoms with Gasteiger partial charge in [-0.3, -0.25) is 0 Å². The third-order valence-electron chi connectivity index (χ3n) is 3.33. The van der Waals surface area contributed by atoms with E-state index in [1.807, 2.05) is 12.1 Å². The van der Waals surface area contributed by atoms with Crippen molar-refractivity contribution in [3.63, 3.8) is 0 Å². The maximum atomic E-state index is 14.1. The molecule has 0 saturated carbocycles. The molecule has 0 radical (unpaired) electrons. The van der Waals surface area contributed by atoms with Gasteiger partial charge >= 0.3 is 0 Å². The second kappa shape index (κ2) is 8.27. The lowest BCUT2D eigenvalue weighted by Gasteiger charge is -2.07. The standard InChI is InChI=1S/C17H22FNOS/c1-3-5-6-10-20-12-13-16(11-19-4-2)21-15-9-7-8-14(18)17(13)15/h3,7-9,19H,1,4-6,10-12H2,2H3. The van der Waals surface area contributed by atoms with Crippen molar-refractivity contribution in [1.82, 2.24) is 5.32 Å². The lowest BCUT2D eigenvalue weighted by Crippen LogP contribution is -2.12. The van der Waals surface area contributed by atoms with Crippen LogP contribution in [0.25, 0.3) is 10.1 Å². The van der Waals surface area contributed by atoms with Crippen molar-refractivity contribution >= 4 is 21.4 Å². The molecule has 1 aromatic heterocycles. The maximum Gasteiger partial charge on any atom is 0.132 e. The van der Waals surface area contributed by atoms with Gasteiger partial charge in [0.2, 0.25) is 0 Å². The molecule has 0 spiro atoms. The minimum Gasteiger partial charge on any atom is -0.377 e. The van der Waals surface area contributed by atoms with Gasteiger partial charge < -0.3 is 10.1 Å². The summed E-state index contributed by atoms with van der Waals surface area (Å²) < 4.78 is 20.9. The van der Waals surface area contributed by atoms with Gasteiger partial charge in [-0.15, -0.1) is 17.9 Å². The molecular weight excluding hydrogens is 285 g/mol. The Morgan fingerprint density at radius 2 is 2.29 bits per heavy atom. The van der Waals surface area contributed by atoms with Crippen LogP contribution < -0.4 is 5.32 Å². The molecule has 1 aromatic carbocycles. The Morgan fingerprint density at radius 3 is 3.05 bits per heavy atom. The van der Waals surface area contributed by atoms with Crippen molar-refractivity contribution in [1.29, 1.82) is 0 Å². The van der Waals surface area contributed by atoms with Crippen LogP contribution in [0.4, 0.5) is 4.39 Å². The number of benzene rings is 1. The predicted octanol–water partition coefficient (Wildman–Crippen LogP) is 4.63. The van der Waals surface area contributed by atoms with Crippen LogP contribution in [0.5, 0.6) is 0 Å². The molecule has 2 rings (SSSR count). The summed E-state index contributed by atoms with van der Waals surface area (Å²) in [6.45, 7) is 8.58. The normalized spacial score (nSPS) is 11.1. The summed E-state index contributed by atoms with van der Waals surface area (Å²) in [4.78, 5) is 1.17. The van der Waals surface area contributed by atoms with Crippen molar-refractivity contribution in [2.24, 2.45) is 0 Å². The van der Waals surface area contributed by atoms with Crippen molar-refractivity contribution in [2.45, 2.75) is 32.9 Å². The van der Waals surface area contributed by atoms with Crippen LogP contribution >= 0.6 is 11.3 Å². The van der Waals surface area contributed by atoms with E-state index in [1.54, 1.807) is 17.4 Å². The Morgan fingerprint density at radius 1 is 1.43 bits per heavy atom. The summed E-state index contributed by atoms with van der Waals surface area (Å²) in [5.41, 5.74) is 0.993. The number of thiophene rings is 1. The summed E-state index contributed by atoms with van der Waals surface area (Å²) in [7, 11) is 0. The number of ether oxygens (including phenoxy) is 1. The highest BCUT2D eigenvalue weighted by molar-refractivity contribution is 7.19. The van der Waals surface area contributed by atoms with Gasteiger partial charge in [0.25, 0.3) is 0 Å². The van der Waals surface area contributed by atoms with Gasteiger partial charge in [0.15, 0.2) is 0 Å². The van der Waals surface area contributed by atoms with Gasteiger partial charge in [-0.25, -0.2) is 4.39 Å². The number of hydrogen-bond donors (Lipinski definition) is 1. The van der Waals surface area contributed by atoms with E-state index in [9.17, 15) is 4.39 Å². The zero-order valence-corrected chi connectivity index (χ0v) is 13.3. The molecule has 1 heterocycles. The fourth-order valence-corrected chi connectivity index (χ4v) is 3.45. The first-order valence-corrected chi connectivity index (χ1v) is 8.17. The molecule has 0 saturated heterocycles. The molecule has 4 heteroatoms. The number of fused-ring (bicyclic) bond motifs is 1. The number of unbranched alkanes of at least 4 members (excludes halogenated alkanes) is 1. The highest BCUT2D eigenvalue weighted by atomic mass is 32.1. The summed E-state index contributed by atoms with van der Waals surface area (Å²) in [6, 6.07) is 5.26. The van der Waals surface area contributed by atoms with E-state index in [1.165, 1.54) is 10.9 Å². The largest absolute Gasteiger partial charge is 0.377 e. The molecular formula is C17H22FNOS. The van der Waals surface area contributed by atoms with Crippen LogP contribution in [-0.4, -0.2) is 13.2 Å². The van der Waals surface area contributed by atoms with E-state index in [0.29, 0.717) is 13.2 Å². The predicted molar refractivity (Wildman–Crippen MR) is 88.3 cm³/mol. The second-order valence-electron chi connectivity index (χ2n) is 4.88. The van der Waals surface area contributed by atoms with Gasteiger partial charge in [0.05, 0.1) is 6.61 Å². The number of hydrogen-bond acceptors (Lipinski definition) is 3. The number of rotatable bonds is 9. The highest BCUT2D eigenvalue weighted by Gasteiger charge is 2.15. The number of halogens is 1. The van der Waals surface area contributed by atoms with Crippen LogP contribution in [0.3, 0.4) is 0 Å². The third-order valence-corrected chi connectivity index (χ3v) is 4.52. The van der Waals surface area contributed by atoms with Crippen molar-refractivity contribution < 1.29 is 9.13 Å². The molecule has 0 fully saturated rings. The highest BCUT2D eigenvalue weighted by Crippen LogP contribution is 2.33. The Kier molecular flexibility index (Phi) is 6.36. The smallest absolute Gasteiger partial charge is 0.132 e. The van der Waals surface area contributed by atoms with Crippen LogP contribution in [0.1, 0.15) is 30.2 Å². The average Bonchev–Trinajstić information content (AvgIpc) is 2.84. The van der Waals surface area contributed by atoms with Crippen LogP contribution in [0.15, 0.2) is 30.9 Å². The first-order chi connectivity index (χ1) is 10.3. The fraction of sp³-hybridized carbons (Fsp3) is 0.412. The number of nitrogens with one attached hydrogen (secondary N) is 1. The Balaban J connectivity index is 2.18. The third kappa shape index (κ3) is 4.13. The van der Waals surface area contributed by atoms with E-state index in [0.717, 1.165) is 41.6 Å². The van der Waals surface area contributed by atoms with Gasteiger partial charge in [-0.05, 0) is 31.5 Å². The van der Waals surface area contributed by atoms with E-state index in [4.69, 9.17) is 4.74 Å². The molecule has 1 N–H and O–H groups in total. The summed E-state index contributed by atoms with van der Waals surface area (Å²) in [5.74, 6) is -0.156. The zero-order chi connectivity index (χ0) is 15.1. The summed E-state index contributed by atoms with van der Waals surface area (Å²) in [6.07, 6.45) is 3.79. The molecule has 21 heavy (non-hydrogen) atoms. The fourth-order valence-electron chi connectivity index (χ4n) is 2.25. The molecule has 0 aliphatic rings. The van der Waals surface area contributed by atoms with E-state index < -0.39 is 0 Å². The summed E-state index contributed by atoms with van der Waals surface area (Å²) in [5, 5.41) is 4.04. The minimum atomic E-state index is -0.156. The molecule has 2 aromatic rings. The van der Waals surface area contributed by atoms with Crippen LogP contribution in [0, 0.1) is 5.82 Å². The summed E-state index contributed by atoms with van der Waals surface area (Å²) >= 11 is 1.65. The van der Waals surface area contributed by atoms with Crippen molar-refractivity contribution in [3.05, 3.63) is 47.1 Å². The first kappa shape index (κ1) is 16.1. The van der Waals surface area contributed by atoms with Crippen molar-refractivity contribution in [3.8, 4) is 0 Å². The number of allylic oxidation sites excluding steroid dienone is 1. The zero-order valence-electron chi connectivity index (χ0n) is 12.5. The lowest BCUT2D eigenvalue weighted by atomic mass is 10.1. The quantitative estimate of drug-likeness (QED) is 0.538. The maximum absolute atomic E-state index is 14.1. The average molecular weight is 307 g/mol. The minimum absolute atomic E-state index is 0.156. The molecule has 0 aliphatic carbocycles. The van der Waals surface area contributed by atoms with Crippen LogP contribution in [0.2, 0.25) is 0 Å².